The zero-order valence-corrected chi connectivity index (χ0v) is 12.9. The van der Waals surface area contributed by atoms with Crippen molar-refractivity contribution >= 4 is 32.9 Å². The topological polar surface area (TPSA) is 101 Å². The first kappa shape index (κ1) is 15.4. The van der Waals surface area contributed by atoms with Gasteiger partial charge in [0.05, 0.1) is 17.1 Å². The maximum atomic E-state index is 13.2. The van der Waals surface area contributed by atoms with Crippen LogP contribution in [0.25, 0.3) is 0 Å². The molecule has 0 aliphatic heterocycles. The van der Waals surface area contributed by atoms with Crippen molar-refractivity contribution in [1.29, 1.82) is 0 Å². The van der Waals surface area contributed by atoms with Crippen LogP contribution in [-0.4, -0.2) is 23.6 Å². The first-order chi connectivity index (χ1) is 9.72. The Balaban J connectivity index is 2.50. The summed E-state index contributed by atoms with van der Waals surface area (Å²) in [5.41, 5.74) is 6.46. The number of rotatable bonds is 4. The molecular formula is C12H13FN4O2S2. The van der Waals surface area contributed by atoms with Gasteiger partial charge in [0.2, 0.25) is 0 Å². The van der Waals surface area contributed by atoms with Crippen LogP contribution in [0.1, 0.15) is 17.0 Å². The minimum Gasteiger partial charge on any atom is -0.389 e. The molecule has 0 bridgehead atoms. The lowest BCUT2D eigenvalue weighted by molar-refractivity contribution is 0.600. The molecule has 2 aromatic rings. The fourth-order valence-electron chi connectivity index (χ4n) is 1.94. The highest BCUT2D eigenvalue weighted by Crippen LogP contribution is 2.24. The zero-order chi connectivity index (χ0) is 15.8. The van der Waals surface area contributed by atoms with Crippen molar-refractivity contribution in [3.63, 3.8) is 0 Å². The number of halogens is 1. The van der Waals surface area contributed by atoms with Gasteiger partial charge < -0.3 is 5.73 Å². The first-order valence-corrected chi connectivity index (χ1v) is 7.75. The number of nitrogens with zero attached hydrogens (tertiary/aromatic N) is 1. The van der Waals surface area contributed by atoms with E-state index in [2.05, 4.69) is 14.9 Å². The van der Waals surface area contributed by atoms with Gasteiger partial charge in [-0.2, -0.15) is 5.10 Å². The Bertz CT molecular complexity index is 795. The largest absolute Gasteiger partial charge is 0.389 e. The lowest BCUT2D eigenvalue weighted by Crippen LogP contribution is -2.19. The van der Waals surface area contributed by atoms with E-state index in [4.69, 9.17) is 18.0 Å². The van der Waals surface area contributed by atoms with Gasteiger partial charge in [0.15, 0.2) is 0 Å². The Morgan fingerprint density at radius 2 is 2.10 bits per heavy atom. The predicted octanol–water partition coefficient (Wildman–Crippen LogP) is 1.60. The standard InChI is InChI=1S/C12H13FN4O2S2/c1-6-11(7(2)16-15-6)21(18,19)17-10-4-3-8(13)5-9(10)12(14)20/h3-5,17H,1-2H3,(H2,14,20)(H,15,16). The summed E-state index contributed by atoms with van der Waals surface area (Å²) in [6.45, 7) is 3.16. The summed E-state index contributed by atoms with van der Waals surface area (Å²) < 4.78 is 40.4. The number of nitrogens with one attached hydrogen (secondary N) is 2. The van der Waals surface area contributed by atoms with Crippen LogP contribution in [0.5, 0.6) is 0 Å². The van der Waals surface area contributed by atoms with Gasteiger partial charge in [-0.3, -0.25) is 9.82 Å². The molecular weight excluding hydrogens is 315 g/mol. The molecule has 0 aliphatic rings. The molecule has 9 heteroatoms. The Labute approximate surface area is 126 Å². The van der Waals surface area contributed by atoms with Gasteiger partial charge in [-0.25, -0.2) is 12.8 Å². The average molecular weight is 328 g/mol. The zero-order valence-electron chi connectivity index (χ0n) is 11.3. The number of anilines is 1. The molecule has 6 nitrogen and oxygen atoms in total. The number of H-pyrrole nitrogens is 1. The van der Waals surface area contributed by atoms with Gasteiger partial charge in [0.25, 0.3) is 10.0 Å². The number of aromatic amines is 1. The van der Waals surface area contributed by atoms with E-state index in [0.29, 0.717) is 11.4 Å². The smallest absolute Gasteiger partial charge is 0.265 e. The Morgan fingerprint density at radius 3 is 2.62 bits per heavy atom. The van der Waals surface area contributed by atoms with Crippen LogP contribution >= 0.6 is 12.2 Å². The molecule has 0 saturated carbocycles. The maximum Gasteiger partial charge on any atom is 0.265 e. The van der Waals surface area contributed by atoms with Crippen LogP contribution in [0.15, 0.2) is 23.1 Å². The predicted molar refractivity (Wildman–Crippen MR) is 81.2 cm³/mol. The summed E-state index contributed by atoms with van der Waals surface area (Å²) in [5.74, 6) is -0.559. The van der Waals surface area contributed by atoms with E-state index in [0.717, 1.165) is 12.1 Å². The molecule has 0 unspecified atom stereocenters. The van der Waals surface area contributed by atoms with Crippen molar-refractivity contribution in [2.75, 3.05) is 4.72 Å². The van der Waals surface area contributed by atoms with Gasteiger partial charge in [-0.15, -0.1) is 0 Å². The molecule has 0 aliphatic carbocycles. The minimum atomic E-state index is -3.88. The number of aromatic nitrogens is 2. The van der Waals surface area contributed by atoms with Crippen LogP contribution < -0.4 is 10.5 Å². The van der Waals surface area contributed by atoms with E-state index >= 15 is 0 Å². The van der Waals surface area contributed by atoms with E-state index in [-0.39, 0.29) is 21.1 Å². The molecule has 0 saturated heterocycles. The number of hydrogen-bond donors (Lipinski definition) is 3. The third-order valence-electron chi connectivity index (χ3n) is 2.82. The van der Waals surface area contributed by atoms with Crippen LogP contribution in [0.3, 0.4) is 0 Å². The SMILES string of the molecule is Cc1n[nH]c(C)c1S(=O)(=O)Nc1ccc(F)cc1C(N)=S. The third-order valence-corrected chi connectivity index (χ3v) is 4.67. The third kappa shape index (κ3) is 3.03. The first-order valence-electron chi connectivity index (χ1n) is 5.86. The Kier molecular flexibility index (Phi) is 3.97. The summed E-state index contributed by atoms with van der Waals surface area (Å²) >= 11 is 4.81. The highest BCUT2D eigenvalue weighted by atomic mass is 32.2. The number of sulfonamides is 1. The number of thiocarbonyl (C=S) groups is 1. The lowest BCUT2D eigenvalue weighted by Gasteiger charge is -2.12. The van der Waals surface area contributed by atoms with Crippen molar-refractivity contribution < 1.29 is 12.8 Å². The molecule has 2 rings (SSSR count). The van der Waals surface area contributed by atoms with E-state index in [9.17, 15) is 12.8 Å². The van der Waals surface area contributed by atoms with Crippen molar-refractivity contribution in [2.24, 2.45) is 5.73 Å². The Morgan fingerprint density at radius 1 is 1.43 bits per heavy atom. The number of hydrogen-bond acceptors (Lipinski definition) is 4. The number of aryl methyl sites for hydroxylation is 2. The second kappa shape index (κ2) is 5.41. The maximum absolute atomic E-state index is 13.2. The van der Waals surface area contributed by atoms with Crippen LogP contribution in [0.4, 0.5) is 10.1 Å². The molecule has 0 fully saturated rings. The van der Waals surface area contributed by atoms with Crippen LogP contribution in [0.2, 0.25) is 0 Å². The fraction of sp³-hybridized carbons (Fsp3) is 0.167. The van der Waals surface area contributed by atoms with E-state index < -0.39 is 15.8 Å². The molecule has 0 amide bonds. The monoisotopic (exact) mass is 328 g/mol. The number of benzene rings is 1. The van der Waals surface area contributed by atoms with Gasteiger partial charge in [-0.1, -0.05) is 12.2 Å². The molecule has 112 valence electrons. The molecule has 1 heterocycles. The lowest BCUT2D eigenvalue weighted by atomic mass is 10.2. The van der Waals surface area contributed by atoms with Gasteiger partial charge in [-0.05, 0) is 32.0 Å². The number of nitrogens with two attached hydrogens (primary N) is 1. The molecule has 0 atom stereocenters. The van der Waals surface area contributed by atoms with E-state index in [1.165, 1.54) is 6.07 Å². The van der Waals surface area contributed by atoms with E-state index in [1.807, 2.05) is 0 Å². The van der Waals surface area contributed by atoms with Crippen LogP contribution in [0, 0.1) is 19.7 Å². The fourth-order valence-corrected chi connectivity index (χ4v) is 3.56. The molecule has 0 radical (unpaired) electrons. The second-order valence-corrected chi connectivity index (χ2v) is 6.48. The molecule has 4 N–H and O–H groups in total. The highest BCUT2D eigenvalue weighted by Gasteiger charge is 2.23. The summed E-state index contributed by atoms with van der Waals surface area (Å²) in [6.07, 6.45) is 0. The van der Waals surface area contributed by atoms with Gasteiger partial charge in [0.1, 0.15) is 15.7 Å². The van der Waals surface area contributed by atoms with Gasteiger partial charge in [0, 0.05) is 5.56 Å². The van der Waals surface area contributed by atoms with Crippen molar-refractivity contribution in [3.8, 4) is 0 Å². The van der Waals surface area contributed by atoms with E-state index in [1.54, 1.807) is 13.8 Å². The quantitative estimate of drug-likeness (QED) is 0.740. The highest BCUT2D eigenvalue weighted by molar-refractivity contribution is 7.92. The summed E-state index contributed by atoms with van der Waals surface area (Å²) in [5, 5.41) is 6.44. The Hall–Kier alpha value is -2.00. The summed E-state index contributed by atoms with van der Waals surface area (Å²) in [7, 11) is -3.88. The molecule has 0 spiro atoms. The summed E-state index contributed by atoms with van der Waals surface area (Å²) in [6, 6.07) is 3.47. The van der Waals surface area contributed by atoms with Crippen molar-refractivity contribution in [2.45, 2.75) is 18.7 Å². The van der Waals surface area contributed by atoms with Gasteiger partial charge >= 0.3 is 0 Å². The normalized spacial score (nSPS) is 11.4. The van der Waals surface area contributed by atoms with Crippen LogP contribution in [-0.2, 0) is 10.0 Å². The minimum absolute atomic E-state index is 0.0423. The molecule has 1 aromatic carbocycles. The average Bonchev–Trinajstić information content (AvgIpc) is 2.71. The molecule has 1 aromatic heterocycles. The second-order valence-electron chi connectivity index (χ2n) is 4.42. The molecule has 21 heavy (non-hydrogen) atoms. The van der Waals surface area contributed by atoms with Crippen molar-refractivity contribution in [3.05, 3.63) is 41.0 Å². The van der Waals surface area contributed by atoms with Crippen molar-refractivity contribution in [1.82, 2.24) is 10.2 Å². The summed E-state index contributed by atoms with van der Waals surface area (Å²) in [4.78, 5) is -0.0615.